The molecule has 0 saturated carbocycles. The number of carbonyl (C=O) groups is 2. The van der Waals surface area contributed by atoms with Gasteiger partial charge in [-0.25, -0.2) is 4.98 Å². The minimum atomic E-state index is -0.833. The molecule has 0 aliphatic heterocycles. The van der Waals surface area contributed by atoms with Crippen LogP contribution in [0.25, 0.3) is 11.1 Å². The number of amides is 1. The summed E-state index contributed by atoms with van der Waals surface area (Å²) in [5.74, 6) is -0.783. The number of aliphatic carboxylic acids is 1. The number of hydrogen-bond acceptors (Lipinski definition) is 4. The first-order chi connectivity index (χ1) is 13.3. The van der Waals surface area contributed by atoms with Gasteiger partial charge in [-0.3, -0.25) is 14.4 Å². The molecule has 1 amide bonds. The summed E-state index contributed by atoms with van der Waals surface area (Å²) in [5.41, 5.74) is 3.86. The predicted octanol–water partition coefficient (Wildman–Crippen LogP) is 3.40. The van der Waals surface area contributed by atoms with Gasteiger partial charge < -0.3 is 15.4 Å². The van der Waals surface area contributed by atoms with Crippen LogP contribution in [0.15, 0.2) is 59.4 Å². The molecule has 3 aromatic rings. The standard InChI is InChI=1S/C19H17N3O2.C2H4O2/c1-12-13(2)20-17(11-15(12)14-7-4-3-5-8-14)22-19(24)16-9-6-10-18(23)21-16;1-2(3)4/h3-11H,1-2H3,(H,21,23)(H,20,22,24);1H3,(H,3,4). The van der Waals surface area contributed by atoms with Gasteiger partial charge >= 0.3 is 0 Å². The Morgan fingerprint density at radius 1 is 1.04 bits per heavy atom. The number of nitrogens with zero attached hydrogens (tertiary/aromatic N) is 1. The molecule has 2 aromatic heterocycles. The van der Waals surface area contributed by atoms with Gasteiger partial charge in [-0.05, 0) is 42.7 Å². The number of aryl methyl sites for hydroxylation is 1. The van der Waals surface area contributed by atoms with Crippen molar-refractivity contribution in [2.45, 2.75) is 20.8 Å². The van der Waals surface area contributed by atoms with Crippen molar-refractivity contribution < 1.29 is 14.7 Å². The second-order valence-electron chi connectivity index (χ2n) is 6.03. The van der Waals surface area contributed by atoms with Gasteiger partial charge in [0.2, 0.25) is 5.56 Å². The Bertz CT molecular complexity index is 1040. The summed E-state index contributed by atoms with van der Waals surface area (Å²) in [6.45, 7) is 4.99. The van der Waals surface area contributed by atoms with Crippen LogP contribution in [-0.4, -0.2) is 27.0 Å². The molecule has 1 aromatic carbocycles. The van der Waals surface area contributed by atoms with Gasteiger partial charge in [-0.2, -0.15) is 0 Å². The largest absolute Gasteiger partial charge is 0.481 e. The minimum Gasteiger partial charge on any atom is -0.481 e. The summed E-state index contributed by atoms with van der Waals surface area (Å²) in [7, 11) is 0. The van der Waals surface area contributed by atoms with Gasteiger partial charge in [-0.15, -0.1) is 0 Å². The Balaban J connectivity index is 0.000000640. The van der Waals surface area contributed by atoms with E-state index in [1.54, 1.807) is 6.07 Å². The van der Waals surface area contributed by atoms with Crippen molar-refractivity contribution in [3.63, 3.8) is 0 Å². The molecule has 0 fully saturated rings. The predicted molar refractivity (Wildman–Crippen MR) is 107 cm³/mol. The third kappa shape index (κ3) is 5.63. The molecule has 0 saturated heterocycles. The summed E-state index contributed by atoms with van der Waals surface area (Å²) < 4.78 is 0. The van der Waals surface area contributed by atoms with Gasteiger partial charge in [0.05, 0.1) is 0 Å². The summed E-state index contributed by atoms with van der Waals surface area (Å²) in [6.07, 6.45) is 0. The third-order valence-corrected chi connectivity index (χ3v) is 3.86. The van der Waals surface area contributed by atoms with Gasteiger partial charge in [0.15, 0.2) is 0 Å². The quantitative estimate of drug-likeness (QED) is 0.646. The maximum atomic E-state index is 12.3. The van der Waals surface area contributed by atoms with E-state index in [2.05, 4.69) is 15.3 Å². The lowest BCUT2D eigenvalue weighted by atomic mass is 10.0. The number of pyridine rings is 2. The SMILES string of the molecule is CC(=O)O.Cc1nc(NC(=O)c2cccc(=O)[nH]2)cc(-c2ccccc2)c1C. The lowest BCUT2D eigenvalue weighted by molar-refractivity contribution is -0.134. The number of aromatic nitrogens is 2. The molecule has 7 nitrogen and oxygen atoms in total. The Labute approximate surface area is 162 Å². The first-order valence-corrected chi connectivity index (χ1v) is 8.52. The Hall–Kier alpha value is -3.74. The van der Waals surface area contributed by atoms with E-state index in [-0.39, 0.29) is 11.3 Å². The molecule has 0 bridgehead atoms. The Morgan fingerprint density at radius 3 is 2.29 bits per heavy atom. The maximum Gasteiger partial charge on any atom is 0.300 e. The van der Waals surface area contributed by atoms with E-state index in [1.807, 2.05) is 50.2 Å². The molecule has 0 spiro atoms. The fraction of sp³-hybridized carbons (Fsp3) is 0.143. The molecule has 0 aliphatic carbocycles. The van der Waals surface area contributed by atoms with Crippen LogP contribution < -0.4 is 10.9 Å². The topological polar surface area (TPSA) is 112 Å². The van der Waals surface area contributed by atoms with Crippen molar-refractivity contribution >= 4 is 17.7 Å². The number of carbonyl (C=O) groups excluding carboxylic acids is 1. The lowest BCUT2D eigenvalue weighted by Crippen LogP contribution is -2.18. The van der Waals surface area contributed by atoms with Crippen molar-refractivity contribution in [1.82, 2.24) is 9.97 Å². The number of carboxylic acids is 1. The molecule has 144 valence electrons. The zero-order valence-electron chi connectivity index (χ0n) is 15.8. The molecule has 0 atom stereocenters. The molecule has 0 unspecified atom stereocenters. The molecule has 3 rings (SSSR count). The van der Waals surface area contributed by atoms with E-state index in [0.29, 0.717) is 5.82 Å². The fourth-order valence-electron chi connectivity index (χ4n) is 2.48. The summed E-state index contributed by atoms with van der Waals surface area (Å²) in [6, 6.07) is 16.2. The van der Waals surface area contributed by atoms with Crippen molar-refractivity contribution in [2.75, 3.05) is 5.32 Å². The molecule has 28 heavy (non-hydrogen) atoms. The average molecular weight is 379 g/mol. The van der Waals surface area contributed by atoms with Crippen molar-refractivity contribution in [3.8, 4) is 11.1 Å². The van der Waals surface area contributed by atoms with Crippen molar-refractivity contribution in [1.29, 1.82) is 0 Å². The molecule has 7 heteroatoms. The van der Waals surface area contributed by atoms with E-state index in [4.69, 9.17) is 9.90 Å². The Kier molecular flexibility index (Phi) is 6.81. The van der Waals surface area contributed by atoms with E-state index in [1.165, 1.54) is 12.1 Å². The molecule has 0 aliphatic rings. The van der Waals surface area contributed by atoms with Crippen LogP contribution >= 0.6 is 0 Å². The van der Waals surface area contributed by atoms with Gasteiger partial charge in [0.1, 0.15) is 11.5 Å². The number of aromatic amines is 1. The number of H-pyrrole nitrogens is 1. The highest BCUT2D eigenvalue weighted by atomic mass is 16.4. The molecule has 3 N–H and O–H groups in total. The maximum absolute atomic E-state index is 12.3. The summed E-state index contributed by atoms with van der Waals surface area (Å²) >= 11 is 0. The number of benzene rings is 1. The number of carboxylic acid groups (broad SMARTS) is 1. The highest BCUT2D eigenvalue weighted by molar-refractivity contribution is 6.02. The van der Waals surface area contributed by atoms with Gasteiger partial charge in [0, 0.05) is 18.7 Å². The molecule has 0 radical (unpaired) electrons. The van der Waals surface area contributed by atoms with E-state index in [0.717, 1.165) is 29.3 Å². The van der Waals surface area contributed by atoms with Gasteiger partial charge in [-0.1, -0.05) is 36.4 Å². The minimum absolute atomic E-state index is 0.198. The third-order valence-electron chi connectivity index (χ3n) is 3.86. The first-order valence-electron chi connectivity index (χ1n) is 8.52. The van der Waals surface area contributed by atoms with Crippen molar-refractivity contribution in [2.24, 2.45) is 0 Å². The Morgan fingerprint density at radius 2 is 1.68 bits per heavy atom. The van der Waals surface area contributed by atoms with Crippen LogP contribution in [0.5, 0.6) is 0 Å². The number of nitrogens with one attached hydrogen (secondary N) is 2. The lowest BCUT2D eigenvalue weighted by Gasteiger charge is -2.12. The van der Waals surface area contributed by atoms with Crippen LogP contribution in [0.1, 0.15) is 28.7 Å². The van der Waals surface area contributed by atoms with Crippen LogP contribution in [0.3, 0.4) is 0 Å². The monoisotopic (exact) mass is 379 g/mol. The van der Waals surface area contributed by atoms with Crippen molar-refractivity contribution in [3.05, 3.63) is 81.9 Å². The van der Waals surface area contributed by atoms with E-state index >= 15 is 0 Å². The van der Waals surface area contributed by atoms with Gasteiger partial charge in [0.25, 0.3) is 11.9 Å². The number of hydrogen-bond donors (Lipinski definition) is 3. The second kappa shape index (κ2) is 9.27. The number of anilines is 1. The molecular weight excluding hydrogens is 358 g/mol. The molecule has 2 heterocycles. The smallest absolute Gasteiger partial charge is 0.300 e. The van der Waals surface area contributed by atoms with Crippen LogP contribution in [0.4, 0.5) is 5.82 Å². The zero-order valence-corrected chi connectivity index (χ0v) is 15.8. The summed E-state index contributed by atoms with van der Waals surface area (Å²) in [4.78, 5) is 39.6. The fourth-order valence-corrected chi connectivity index (χ4v) is 2.48. The van der Waals surface area contributed by atoms with Crippen LogP contribution in [0, 0.1) is 13.8 Å². The van der Waals surface area contributed by atoms with E-state index < -0.39 is 11.9 Å². The van der Waals surface area contributed by atoms with Crippen LogP contribution in [-0.2, 0) is 4.79 Å². The average Bonchev–Trinajstić information content (AvgIpc) is 2.65. The first kappa shape index (κ1) is 20.6. The molecular formula is C21H21N3O4. The number of rotatable bonds is 3. The second-order valence-corrected chi connectivity index (χ2v) is 6.03. The zero-order chi connectivity index (χ0) is 20.7. The van der Waals surface area contributed by atoms with E-state index in [9.17, 15) is 9.59 Å². The highest BCUT2D eigenvalue weighted by Crippen LogP contribution is 2.27. The normalized spacial score (nSPS) is 9.82. The van der Waals surface area contributed by atoms with Crippen LogP contribution in [0.2, 0.25) is 0 Å². The highest BCUT2D eigenvalue weighted by Gasteiger charge is 2.12. The summed E-state index contributed by atoms with van der Waals surface area (Å²) in [5, 5.41) is 10.2.